The van der Waals surface area contributed by atoms with Crippen LogP contribution >= 0.6 is 0 Å². The first kappa shape index (κ1) is 18.9. The summed E-state index contributed by atoms with van der Waals surface area (Å²) < 4.78 is 15.3. The largest absolute Gasteiger partial charge is 0.496 e. The van der Waals surface area contributed by atoms with Crippen LogP contribution in [0.15, 0.2) is 24.4 Å². The summed E-state index contributed by atoms with van der Waals surface area (Å²) in [5.41, 5.74) is 5.70. The van der Waals surface area contributed by atoms with Crippen LogP contribution in [-0.2, 0) is 9.53 Å². The second-order valence-corrected chi connectivity index (χ2v) is 6.59. The van der Waals surface area contributed by atoms with Gasteiger partial charge >= 0.3 is 0 Å². The highest BCUT2D eigenvalue weighted by molar-refractivity contribution is 6.01. The number of nitrogens with zero attached hydrogens (tertiary/aromatic N) is 1. The van der Waals surface area contributed by atoms with Gasteiger partial charge in [0.25, 0.3) is 5.91 Å². The number of benzene rings is 1. The van der Waals surface area contributed by atoms with Crippen molar-refractivity contribution in [2.24, 2.45) is 17.6 Å². The minimum atomic E-state index is -0.554. The van der Waals surface area contributed by atoms with Gasteiger partial charge in [0.2, 0.25) is 11.8 Å². The van der Waals surface area contributed by atoms with E-state index in [0.717, 1.165) is 17.2 Å². The number of rotatable bonds is 5. The summed E-state index contributed by atoms with van der Waals surface area (Å²) in [6.07, 6.45) is 2.56. The Hall–Kier alpha value is -2.87. The standard InChI is InChI=1S/C17H17N3O4.C2H6O/c1-23-14-6-9-8(4-12(14)15(18)21)2-3-19-17(9)24-7-13-10-5-11(10)16(22)20-13;1-3-2/h2-4,6,10-11,13H,5,7H2,1H3,(H2,18,21)(H,20,22);1-2H3. The Labute approximate surface area is 157 Å². The molecular formula is C19H23N3O5. The minimum absolute atomic E-state index is 0.0337. The molecule has 8 heteroatoms. The maximum absolute atomic E-state index is 11.6. The molecule has 3 atom stereocenters. The normalized spacial score (nSPS) is 22.3. The summed E-state index contributed by atoms with van der Waals surface area (Å²) >= 11 is 0. The van der Waals surface area contributed by atoms with Crippen LogP contribution in [0.4, 0.5) is 0 Å². The van der Waals surface area contributed by atoms with E-state index in [-0.39, 0.29) is 17.9 Å². The number of hydrogen-bond acceptors (Lipinski definition) is 6. The van der Waals surface area contributed by atoms with E-state index in [0.29, 0.717) is 29.7 Å². The molecule has 144 valence electrons. The number of methoxy groups -OCH3 is 2. The van der Waals surface area contributed by atoms with Crippen molar-refractivity contribution in [3.63, 3.8) is 0 Å². The molecule has 1 aromatic carbocycles. The monoisotopic (exact) mass is 373 g/mol. The third kappa shape index (κ3) is 3.80. The molecule has 8 nitrogen and oxygen atoms in total. The molecule has 1 aliphatic carbocycles. The Morgan fingerprint density at radius 1 is 1.33 bits per heavy atom. The van der Waals surface area contributed by atoms with Gasteiger partial charge in [0.15, 0.2) is 0 Å². The van der Waals surface area contributed by atoms with Gasteiger partial charge in [0.1, 0.15) is 12.4 Å². The Kier molecular flexibility index (Phi) is 5.46. The van der Waals surface area contributed by atoms with Gasteiger partial charge in [-0.3, -0.25) is 9.59 Å². The zero-order chi connectivity index (χ0) is 19.6. The number of aromatic nitrogens is 1. The van der Waals surface area contributed by atoms with Crippen LogP contribution in [-0.4, -0.2) is 50.8 Å². The Bertz CT molecular complexity index is 870. The first-order valence-corrected chi connectivity index (χ1v) is 8.60. The molecule has 0 spiro atoms. The van der Waals surface area contributed by atoms with E-state index < -0.39 is 5.91 Å². The lowest BCUT2D eigenvalue weighted by atomic mass is 10.1. The Morgan fingerprint density at radius 2 is 2.07 bits per heavy atom. The van der Waals surface area contributed by atoms with Crippen LogP contribution in [0, 0.1) is 11.8 Å². The number of pyridine rings is 1. The highest BCUT2D eigenvalue weighted by atomic mass is 16.5. The van der Waals surface area contributed by atoms with Crippen molar-refractivity contribution in [3.05, 3.63) is 30.0 Å². The van der Waals surface area contributed by atoms with Crippen LogP contribution < -0.4 is 20.5 Å². The number of carbonyl (C=O) groups is 2. The van der Waals surface area contributed by atoms with Crippen LogP contribution in [0.3, 0.4) is 0 Å². The van der Waals surface area contributed by atoms with Gasteiger partial charge in [-0.2, -0.15) is 0 Å². The minimum Gasteiger partial charge on any atom is -0.496 e. The molecule has 1 aliphatic heterocycles. The van der Waals surface area contributed by atoms with Crippen LogP contribution in [0.2, 0.25) is 0 Å². The summed E-state index contributed by atoms with van der Waals surface area (Å²) in [6.45, 7) is 0.374. The van der Waals surface area contributed by atoms with Gasteiger partial charge in [-0.25, -0.2) is 4.98 Å². The molecule has 2 aromatic rings. The molecule has 1 saturated carbocycles. The van der Waals surface area contributed by atoms with E-state index >= 15 is 0 Å². The molecular weight excluding hydrogens is 350 g/mol. The predicted molar refractivity (Wildman–Crippen MR) is 98.8 cm³/mol. The topological polar surface area (TPSA) is 113 Å². The Morgan fingerprint density at radius 3 is 2.63 bits per heavy atom. The van der Waals surface area contributed by atoms with Crippen molar-refractivity contribution < 1.29 is 23.8 Å². The molecule has 2 heterocycles. The molecule has 2 amide bonds. The van der Waals surface area contributed by atoms with Crippen molar-refractivity contribution in [2.45, 2.75) is 12.5 Å². The lowest BCUT2D eigenvalue weighted by Crippen LogP contribution is -2.35. The molecule has 2 fully saturated rings. The van der Waals surface area contributed by atoms with Gasteiger partial charge < -0.3 is 25.3 Å². The van der Waals surface area contributed by atoms with Crippen LogP contribution in [0.1, 0.15) is 16.8 Å². The fourth-order valence-corrected chi connectivity index (χ4v) is 3.34. The number of piperidine rings is 1. The summed E-state index contributed by atoms with van der Waals surface area (Å²) in [5, 5.41) is 4.46. The van der Waals surface area contributed by atoms with E-state index in [2.05, 4.69) is 15.0 Å². The predicted octanol–water partition coefficient (Wildman–Crippen LogP) is 1.12. The summed E-state index contributed by atoms with van der Waals surface area (Å²) in [5.74, 6) is 0.930. The van der Waals surface area contributed by atoms with E-state index in [1.807, 2.05) is 0 Å². The summed E-state index contributed by atoms with van der Waals surface area (Å²) in [4.78, 5) is 27.4. The average molecular weight is 373 g/mol. The molecule has 3 N–H and O–H groups in total. The molecule has 27 heavy (non-hydrogen) atoms. The molecule has 0 bridgehead atoms. The zero-order valence-electron chi connectivity index (χ0n) is 15.5. The summed E-state index contributed by atoms with van der Waals surface area (Å²) in [6, 6.07) is 5.18. The SMILES string of the molecule is COC.COc1cc2c(OCC3NC(=O)C4CC34)nccc2cc1C(N)=O. The van der Waals surface area contributed by atoms with Crippen molar-refractivity contribution in [1.82, 2.24) is 10.3 Å². The third-order valence-electron chi connectivity index (χ3n) is 4.73. The molecule has 4 rings (SSSR count). The van der Waals surface area contributed by atoms with Gasteiger partial charge in [-0.15, -0.1) is 0 Å². The number of primary amides is 1. The van der Waals surface area contributed by atoms with Crippen LogP contribution in [0.25, 0.3) is 10.8 Å². The smallest absolute Gasteiger partial charge is 0.252 e. The van der Waals surface area contributed by atoms with E-state index in [1.165, 1.54) is 7.11 Å². The summed E-state index contributed by atoms with van der Waals surface area (Å²) in [7, 11) is 4.73. The lowest BCUT2D eigenvalue weighted by Gasteiger charge is -2.15. The number of ether oxygens (including phenoxy) is 3. The first-order chi connectivity index (χ1) is 13.0. The van der Waals surface area contributed by atoms with Gasteiger partial charge in [-0.05, 0) is 35.9 Å². The lowest BCUT2D eigenvalue weighted by molar-refractivity contribution is -0.121. The zero-order valence-corrected chi connectivity index (χ0v) is 15.5. The molecule has 0 radical (unpaired) electrons. The second kappa shape index (κ2) is 7.79. The van der Waals surface area contributed by atoms with Crippen molar-refractivity contribution in [1.29, 1.82) is 0 Å². The fourth-order valence-electron chi connectivity index (χ4n) is 3.34. The number of amides is 2. The number of nitrogens with two attached hydrogens (primary N) is 1. The van der Waals surface area contributed by atoms with E-state index in [4.69, 9.17) is 15.2 Å². The van der Waals surface area contributed by atoms with Crippen molar-refractivity contribution >= 4 is 22.6 Å². The number of fused-ring (bicyclic) bond motifs is 2. The van der Waals surface area contributed by atoms with Gasteiger partial charge in [0.05, 0.1) is 18.7 Å². The quantitative estimate of drug-likeness (QED) is 0.812. The van der Waals surface area contributed by atoms with E-state index in [9.17, 15) is 9.59 Å². The maximum Gasteiger partial charge on any atom is 0.252 e. The Balaban J connectivity index is 0.000000659. The van der Waals surface area contributed by atoms with Gasteiger partial charge in [-0.1, -0.05) is 0 Å². The fraction of sp³-hybridized carbons (Fsp3) is 0.421. The number of hydrogen-bond donors (Lipinski definition) is 2. The van der Waals surface area contributed by atoms with Crippen molar-refractivity contribution in [3.8, 4) is 11.6 Å². The second-order valence-electron chi connectivity index (χ2n) is 6.59. The molecule has 3 unspecified atom stereocenters. The van der Waals surface area contributed by atoms with Crippen LogP contribution in [0.5, 0.6) is 11.6 Å². The third-order valence-corrected chi connectivity index (χ3v) is 4.73. The molecule has 1 aromatic heterocycles. The molecule has 1 saturated heterocycles. The molecule has 2 aliphatic rings. The first-order valence-electron chi connectivity index (χ1n) is 8.60. The van der Waals surface area contributed by atoms with Gasteiger partial charge in [0, 0.05) is 31.7 Å². The maximum atomic E-state index is 11.6. The highest BCUT2D eigenvalue weighted by Crippen LogP contribution is 2.46. The number of carbonyl (C=O) groups excluding carboxylic acids is 2. The average Bonchev–Trinajstić information content (AvgIpc) is 3.39. The van der Waals surface area contributed by atoms with Crippen molar-refractivity contribution in [2.75, 3.05) is 27.9 Å². The highest BCUT2D eigenvalue weighted by Gasteiger charge is 2.54. The van der Waals surface area contributed by atoms with E-state index in [1.54, 1.807) is 38.6 Å². The number of nitrogens with one attached hydrogen (secondary N) is 1.